The van der Waals surface area contributed by atoms with E-state index >= 15 is 0 Å². The zero-order valence-electron chi connectivity index (χ0n) is 27.4. The highest BCUT2D eigenvalue weighted by Crippen LogP contribution is 2.45. The Labute approximate surface area is 292 Å². The Kier molecular flexibility index (Phi) is 7.67. The number of nitrogens with one attached hydrogen (secondary N) is 1. The SMILES string of the molecule is C1=CC2N=C(c3ccccc3)C=C(c3ccccc3)C2c2cc(-c3ccc(C4=NC(c5ccccc5)=NC(c5ccccc5)N4)cc3)ccc21. The molecule has 4 nitrogen and oxygen atoms in total. The monoisotopic (exact) mass is 642 g/mol. The molecular weight excluding hydrogens is 609 g/mol. The van der Waals surface area contributed by atoms with E-state index in [1.807, 2.05) is 36.4 Å². The van der Waals surface area contributed by atoms with Crippen LogP contribution in [-0.2, 0) is 0 Å². The fraction of sp³-hybridized carbons (Fsp3) is 0.0652. The van der Waals surface area contributed by atoms with E-state index < -0.39 is 0 Å². The average Bonchev–Trinajstić information content (AvgIpc) is 3.21. The first-order valence-corrected chi connectivity index (χ1v) is 17.1. The predicted octanol–water partition coefficient (Wildman–Crippen LogP) is 9.91. The number of hydrogen-bond donors (Lipinski definition) is 1. The lowest BCUT2D eigenvalue weighted by atomic mass is 9.74. The first-order chi connectivity index (χ1) is 24.8. The zero-order chi connectivity index (χ0) is 33.3. The van der Waals surface area contributed by atoms with E-state index in [2.05, 4.69) is 151 Å². The van der Waals surface area contributed by atoms with Crippen LogP contribution in [-0.4, -0.2) is 23.4 Å². The molecule has 0 fully saturated rings. The number of rotatable bonds is 6. The Morgan fingerprint density at radius 2 is 1.10 bits per heavy atom. The summed E-state index contributed by atoms with van der Waals surface area (Å²) in [6.45, 7) is 0. The minimum Gasteiger partial charge on any atom is -0.344 e. The minimum absolute atomic E-state index is 0.0176. The number of hydrogen-bond acceptors (Lipinski definition) is 4. The lowest BCUT2D eigenvalue weighted by Gasteiger charge is -2.34. The summed E-state index contributed by atoms with van der Waals surface area (Å²) in [7, 11) is 0. The summed E-state index contributed by atoms with van der Waals surface area (Å²) < 4.78 is 0. The normalized spacial score (nSPS) is 19.2. The van der Waals surface area contributed by atoms with Crippen LogP contribution in [0.3, 0.4) is 0 Å². The average molecular weight is 643 g/mol. The largest absolute Gasteiger partial charge is 0.344 e. The van der Waals surface area contributed by atoms with E-state index in [-0.39, 0.29) is 18.1 Å². The van der Waals surface area contributed by atoms with Crippen LogP contribution in [0.1, 0.15) is 51.0 Å². The van der Waals surface area contributed by atoms with Crippen LogP contribution in [0.15, 0.2) is 191 Å². The molecule has 0 spiro atoms. The molecular formula is C46H34N4. The van der Waals surface area contributed by atoms with Gasteiger partial charge in [0.15, 0.2) is 5.84 Å². The molecule has 3 aliphatic rings. The van der Waals surface area contributed by atoms with Crippen LogP contribution in [0.25, 0.3) is 22.8 Å². The number of amidine groups is 2. The third-order valence-electron chi connectivity index (χ3n) is 9.71. The number of benzene rings is 6. The molecule has 6 aromatic carbocycles. The van der Waals surface area contributed by atoms with Gasteiger partial charge in [-0.15, -0.1) is 0 Å². The Morgan fingerprint density at radius 3 is 1.80 bits per heavy atom. The van der Waals surface area contributed by atoms with E-state index in [0.29, 0.717) is 0 Å². The summed E-state index contributed by atoms with van der Waals surface area (Å²) in [5.74, 6) is 1.66. The molecule has 0 radical (unpaired) electrons. The molecule has 6 aromatic rings. The second kappa shape index (κ2) is 12.9. The van der Waals surface area contributed by atoms with Gasteiger partial charge in [0.2, 0.25) is 0 Å². The van der Waals surface area contributed by atoms with Crippen molar-refractivity contribution in [3.05, 3.63) is 215 Å². The van der Waals surface area contributed by atoms with Crippen LogP contribution < -0.4 is 5.32 Å². The second-order valence-corrected chi connectivity index (χ2v) is 12.8. The van der Waals surface area contributed by atoms with Gasteiger partial charge in [0.05, 0.1) is 11.8 Å². The molecule has 0 aromatic heterocycles. The van der Waals surface area contributed by atoms with E-state index in [1.165, 1.54) is 27.8 Å². The summed E-state index contributed by atoms with van der Waals surface area (Å²) >= 11 is 0. The number of aliphatic imine (C=N–C) groups is 3. The smallest absolute Gasteiger partial charge is 0.159 e. The molecule has 238 valence electrons. The van der Waals surface area contributed by atoms with E-state index in [9.17, 15) is 0 Å². The Hall–Kier alpha value is -6.39. The summed E-state index contributed by atoms with van der Waals surface area (Å²) in [4.78, 5) is 15.3. The maximum absolute atomic E-state index is 5.29. The highest BCUT2D eigenvalue weighted by molar-refractivity contribution is 6.14. The van der Waals surface area contributed by atoms with Crippen molar-refractivity contribution in [1.82, 2.24) is 5.32 Å². The lowest BCUT2D eigenvalue weighted by molar-refractivity contribution is 0.674. The van der Waals surface area contributed by atoms with Gasteiger partial charge >= 0.3 is 0 Å². The maximum Gasteiger partial charge on any atom is 0.159 e. The van der Waals surface area contributed by atoms with Crippen LogP contribution >= 0.6 is 0 Å². The topological polar surface area (TPSA) is 49.1 Å². The molecule has 1 N–H and O–H groups in total. The summed E-state index contributed by atoms with van der Waals surface area (Å²) in [6.07, 6.45) is 6.58. The minimum atomic E-state index is -0.229. The van der Waals surface area contributed by atoms with E-state index in [4.69, 9.17) is 15.0 Å². The van der Waals surface area contributed by atoms with Crippen LogP contribution in [0, 0.1) is 0 Å². The Balaban J connectivity index is 1.06. The molecule has 4 heteroatoms. The van der Waals surface area contributed by atoms with Crippen LogP contribution in [0.2, 0.25) is 0 Å². The standard InChI is InChI=1S/C46H34N4/c1-5-13-32(14-6-1)40-30-42(34-15-7-2-8-16-34)47-41-28-27-33-23-26-38(29-39(33)43(40)41)31-21-24-37(25-22-31)46-49-44(35-17-9-3-10-18-35)48-45(50-46)36-19-11-4-12-20-36/h1-30,41,43-44H,(H,48,49,50). The highest BCUT2D eigenvalue weighted by atomic mass is 15.2. The fourth-order valence-electron chi connectivity index (χ4n) is 7.18. The number of allylic oxidation sites excluding steroid dienone is 1. The molecule has 0 saturated carbocycles. The second-order valence-electron chi connectivity index (χ2n) is 12.8. The number of fused-ring (bicyclic) bond motifs is 3. The lowest BCUT2D eigenvalue weighted by Crippen LogP contribution is -2.33. The highest BCUT2D eigenvalue weighted by Gasteiger charge is 2.33. The van der Waals surface area contributed by atoms with Crippen molar-refractivity contribution < 1.29 is 0 Å². The van der Waals surface area contributed by atoms with Gasteiger partial charge in [-0.25, -0.2) is 9.98 Å². The van der Waals surface area contributed by atoms with Crippen molar-refractivity contribution in [3.8, 4) is 11.1 Å². The predicted molar refractivity (Wildman–Crippen MR) is 207 cm³/mol. The number of dihydropyridines is 1. The molecule has 2 heterocycles. The zero-order valence-corrected chi connectivity index (χ0v) is 27.4. The molecule has 1 aliphatic carbocycles. The van der Waals surface area contributed by atoms with Gasteiger partial charge in [-0.05, 0) is 56.7 Å². The molecule has 0 bridgehead atoms. The first-order valence-electron chi connectivity index (χ1n) is 17.1. The van der Waals surface area contributed by atoms with Crippen LogP contribution in [0.5, 0.6) is 0 Å². The number of nitrogens with zero attached hydrogens (tertiary/aromatic N) is 3. The van der Waals surface area contributed by atoms with Crippen molar-refractivity contribution in [2.24, 2.45) is 15.0 Å². The Morgan fingerprint density at radius 1 is 0.500 bits per heavy atom. The maximum atomic E-state index is 5.29. The molecule has 0 amide bonds. The molecule has 3 unspecified atom stereocenters. The summed E-state index contributed by atoms with van der Waals surface area (Å²) in [6, 6.07) is 57.4. The van der Waals surface area contributed by atoms with Crippen molar-refractivity contribution in [2.75, 3.05) is 0 Å². The molecule has 2 aliphatic heterocycles. The van der Waals surface area contributed by atoms with E-state index in [0.717, 1.165) is 45.2 Å². The first kappa shape index (κ1) is 29.7. The van der Waals surface area contributed by atoms with Gasteiger partial charge < -0.3 is 5.32 Å². The van der Waals surface area contributed by atoms with Crippen molar-refractivity contribution in [1.29, 1.82) is 0 Å². The van der Waals surface area contributed by atoms with Gasteiger partial charge in [-0.2, -0.15) is 0 Å². The quantitative estimate of drug-likeness (QED) is 0.193. The fourth-order valence-corrected chi connectivity index (χ4v) is 7.18. The van der Waals surface area contributed by atoms with Gasteiger partial charge in [0.25, 0.3) is 0 Å². The van der Waals surface area contributed by atoms with Crippen LogP contribution in [0.4, 0.5) is 0 Å². The van der Waals surface area contributed by atoms with E-state index in [1.54, 1.807) is 0 Å². The third-order valence-corrected chi connectivity index (χ3v) is 9.71. The summed E-state index contributed by atoms with van der Waals surface area (Å²) in [5, 5.41) is 3.59. The van der Waals surface area contributed by atoms with Gasteiger partial charge in [-0.3, -0.25) is 4.99 Å². The van der Waals surface area contributed by atoms with Gasteiger partial charge in [0, 0.05) is 17.0 Å². The molecule has 3 atom stereocenters. The Bertz CT molecular complexity index is 2320. The molecule has 50 heavy (non-hydrogen) atoms. The molecule has 0 saturated heterocycles. The van der Waals surface area contributed by atoms with Gasteiger partial charge in [0.1, 0.15) is 12.0 Å². The summed E-state index contributed by atoms with van der Waals surface area (Å²) in [5.41, 5.74) is 12.7. The molecule has 9 rings (SSSR count). The third kappa shape index (κ3) is 5.71. The van der Waals surface area contributed by atoms with Gasteiger partial charge in [-0.1, -0.05) is 170 Å². The van der Waals surface area contributed by atoms with Crippen molar-refractivity contribution in [3.63, 3.8) is 0 Å². The van der Waals surface area contributed by atoms with Crippen molar-refractivity contribution >= 4 is 29.0 Å². The van der Waals surface area contributed by atoms with Crippen molar-refractivity contribution in [2.45, 2.75) is 18.1 Å².